The van der Waals surface area contributed by atoms with Gasteiger partial charge in [0.05, 0.1) is 5.69 Å². The lowest BCUT2D eigenvalue weighted by atomic mass is 9.90. The number of nitrogens with two attached hydrogens (primary N) is 1. The van der Waals surface area contributed by atoms with E-state index in [1.807, 2.05) is 0 Å². The van der Waals surface area contributed by atoms with Crippen LogP contribution in [0.3, 0.4) is 0 Å². The van der Waals surface area contributed by atoms with Crippen LogP contribution in [0.15, 0.2) is 18.5 Å². The number of carbonyl (C=O) groups is 1. The van der Waals surface area contributed by atoms with E-state index in [0.717, 1.165) is 0 Å². The summed E-state index contributed by atoms with van der Waals surface area (Å²) in [5.74, 6) is -1.13. The average molecular weight is 371 g/mol. The minimum atomic E-state index is -1.50. The summed E-state index contributed by atoms with van der Waals surface area (Å²) in [5, 5.41) is 14.3. The highest BCUT2D eigenvalue weighted by atomic mass is 16.8. The number of nitrogen functional groups attached to an aromatic ring is 1. The molecule has 2 aromatic rings. The van der Waals surface area contributed by atoms with Crippen LogP contribution in [0.2, 0.25) is 0 Å². The summed E-state index contributed by atoms with van der Waals surface area (Å²) in [5.41, 5.74) is 4.38. The molecular weight excluding hydrogens is 354 g/mol. The van der Waals surface area contributed by atoms with Gasteiger partial charge in [0.1, 0.15) is 30.1 Å². The van der Waals surface area contributed by atoms with Crippen LogP contribution < -0.4 is 5.73 Å². The van der Waals surface area contributed by atoms with Crippen molar-refractivity contribution in [1.82, 2.24) is 14.6 Å². The molecule has 1 aliphatic carbocycles. The topological polar surface area (TPSA) is 134 Å². The summed E-state index contributed by atoms with van der Waals surface area (Å²) < 4.78 is 25.2. The Balaban J connectivity index is 1.65. The minimum Gasteiger partial charge on any atom is -0.456 e. The molecule has 27 heavy (non-hydrogen) atoms. The molecule has 0 bridgehead atoms. The van der Waals surface area contributed by atoms with E-state index in [2.05, 4.69) is 16.2 Å². The van der Waals surface area contributed by atoms with E-state index in [4.69, 9.17) is 24.7 Å². The van der Waals surface area contributed by atoms with Crippen molar-refractivity contribution in [3.63, 3.8) is 0 Å². The highest BCUT2D eigenvalue weighted by Gasteiger charge is 2.89. The van der Waals surface area contributed by atoms with Crippen LogP contribution >= 0.6 is 0 Å². The maximum absolute atomic E-state index is 11.5. The Hall–Kier alpha value is -2.74. The van der Waals surface area contributed by atoms with Crippen LogP contribution in [-0.2, 0) is 29.3 Å². The predicted molar refractivity (Wildman–Crippen MR) is 87.9 cm³/mol. The molecule has 0 radical (unpaired) electrons. The number of nitrogens with zero attached hydrogens (tertiary/aromatic N) is 4. The second-order valence-corrected chi connectivity index (χ2v) is 7.43. The monoisotopic (exact) mass is 371 g/mol. The summed E-state index contributed by atoms with van der Waals surface area (Å²) in [6, 6.07) is 5.66. The second kappa shape index (κ2) is 4.75. The van der Waals surface area contributed by atoms with Crippen molar-refractivity contribution in [2.24, 2.45) is 0 Å². The largest absolute Gasteiger partial charge is 0.456 e. The van der Waals surface area contributed by atoms with Crippen LogP contribution in [0, 0.1) is 11.3 Å². The number of hydrogen-bond donors (Lipinski definition) is 1. The van der Waals surface area contributed by atoms with Crippen molar-refractivity contribution in [2.75, 3.05) is 5.73 Å². The molecule has 1 saturated carbocycles. The number of ether oxygens (including phenoxy) is 4. The molecule has 3 aliphatic rings. The van der Waals surface area contributed by atoms with Gasteiger partial charge >= 0.3 is 5.97 Å². The first-order valence-electron chi connectivity index (χ1n) is 8.48. The first-order chi connectivity index (χ1) is 12.7. The Morgan fingerprint density at radius 3 is 2.89 bits per heavy atom. The minimum absolute atomic E-state index is 0.281. The first kappa shape index (κ1) is 16.4. The number of anilines is 1. The van der Waals surface area contributed by atoms with Gasteiger partial charge in [-0.1, -0.05) is 0 Å². The van der Waals surface area contributed by atoms with Crippen molar-refractivity contribution in [3.05, 3.63) is 24.2 Å². The maximum atomic E-state index is 11.5. The Labute approximate surface area is 153 Å². The molecule has 2 saturated heterocycles. The normalized spacial score (nSPS) is 38.2. The van der Waals surface area contributed by atoms with E-state index in [1.54, 1.807) is 26.0 Å². The van der Waals surface area contributed by atoms with Gasteiger partial charge in [-0.3, -0.25) is 4.79 Å². The van der Waals surface area contributed by atoms with E-state index in [9.17, 15) is 10.1 Å². The van der Waals surface area contributed by atoms with E-state index < -0.39 is 41.3 Å². The average Bonchev–Trinajstić information content (AvgIpc) is 2.97. The van der Waals surface area contributed by atoms with Crippen LogP contribution in [0.5, 0.6) is 0 Å². The summed E-state index contributed by atoms with van der Waals surface area (Å²) in [6.07, 6.45) is -0.750. The van der Waals surface area contributed by atoms with Gasteiger partial charge in [0, 0.05) is 6.92 Å². The molecule has 1 unspecified atom stereocenters. The number of fused-ring (bicyclic) bond motifs is 1. The lowest BCUT2D eigenvalue weighted by molar-refractivity contribution is -0.188. The number of aromatic nitrogens is 3. The fraction of sp³-hybridized carbons (Fsp3) is 0.529. The molecule has 4 heterocycles. The summed E-state index contributed by atoms with van der Waals surface area (Å²) in [6.45, 7) is 4.82. The van der Waals surface area contributed by atoms with Gasteiger partial charge in [0.15, 0.2) is 23.3 Å². The highest BCUT2D eigenvalue weighted by Crippen LogP contribution is 2.67. The summed E-state index contributed by atoms with van der Waals surface area (Å²) in [7, 11) is 0. The number of rotatable bonds is 2. The van der Waals surface area contributed by atoms with Crippen molar-refractivity contribution < 1.29 is 23.7 Å². The van der Waals surface area contributed by atoms with E-state index in [1.165, 1.54) is 17.8 Å². The molecule has 2 aromatic heterocycles. The highest BCUT2D eigenvalue weighted by molar-refractivity contribution is 5.68. The molecule has 5 atom stereocenters. The third-order valence-electron chi connectivity index (χ3n) is 5.29. The van der Waals surface area contributed by atoms with Crippen LogP contribution in [0.4, 0.5) is 5.82 Å². The lowest BCUT2D eigenvalue weighted by Crippen LogP contribution is -2.46. The van der Waals surface area contributed by atoms with Crippen molar-refractivity contribution in [3.8, 4) is 6.07 Å². The van der Waals surface area contributed by atoms with Crippen molar-refractivity contribution >= 4 is 17.3 Å². The molecule has 0 amide bonds. The molecular formula is C17H17N5O5. The molecule has 2 aliphatic heterocycles. The Morgan fingerprint density at radius 1 is 1.41 bits per heavy atom. The Morgan fingerprint density at radius 2 is 2.19 bits per heavy atom. The zero-order chi connectivity index (χ0) is 19.2. The fourth-order valence-corrected chi connectivity index (χ4v) is 4.34. The summed E-state index contributed by atoms with van der Waals surface area (Å²) in [4.78, 5) is 15.4. The lowest BCUT2D eigenvalue weighted by Gasteiger charge is -2.30. The molecule has 2 N–H and O–H groups in total. The zero-order valence-corrected chi connectivity index (χ0v) is 14.9. The van der Waals surface area contributed by atoms with Gasteiger partial charge in [0.2, 0.25) is 5.60 Å². The molecule has 3 fully saturated rings. The van der Waals surface area contributed by atoms with Crippen molar-refractivity contribution in [2.45, 2.75) is 56.1 Å². The third kappa shape index (κ3) is 1.86. The Bertz CT molecular complexity index is 1030. The Kier molecular flexibility index (Phi) is 2.89. The van der Waals surface area contributed by atoms with E-state index in [0.29, 0.717) is 11.2 Å². The van der Waals surface area contributed by atoms with Gasteiger partial charge in [-0.25, -0.2) is 9.50 Å². The van der Waals surface area contributed by atoms with Crippen LogP contribution in [0.1, 0.15) is 26.5 Å². The molecule has 0 aromatic carbocycles. The fourth-order valence-electron chi connectivity index (χ4n) is 4.34. The van der Waals surface area contributed by atoms with Gasteiger partial charge < -0.3 is 24.7 Å². The molecule has 10 nitrogen and oxygen atoms in total. The van der Waals surface area contributed by atoms with Gasteiger partial charge in [-0.15, -0.1) is 0 Å². The quantitative estimate of drug-likeness (QED) is 0.738. The molecule has 140 valence electrons. The zero-order valence-electron chi connectivity index (χ0n) is 14.9. The predicted octanol–water partition coefficient (Wildman–Crippen LogP) is 0.265. The summed E-state index contributed by atoms with van der Waals surface area (Å²) >= 11 is 0. The maximum Gasteiger partial charge on any atom is 0.303 e. The smallest absolute Gasteiger partial charge is 0.303 e. The van der Waals surface area contributed by atoms with E-state index in [-0.39, 0.29) is 5.82 Å². The van der Waals surface area contributed by atoms with E-state index >= 15 is 0 Å². The second-order valence-electron chi connectivity index (χ2n) is 7.43. The third-order valence-corrected chi connectivity index (χ3v) is 5.29. The number of nitriles is 1. The van der Waals surface area contributed by atoms with Crippen LogP contribution in [-0.4, -0.2) is 50.3 Å². The molecule has 10 heteroatoms. The number of esters is 1. The molecule has 1 spiro atoms. The van der Waals surface area contributed by atoms with Crippen molar-refractivity contribution in [1.29, 1.82) is 5.26 Å². The van der Waals surface area contributed by atoms with Gasteiger partial charge in [0.25, 0.3) is 0 Å². The van der Waals surface area contributed by atoms with Crippen LogP contribution in [0.25, 0.3) is 5.52 Å². The van der Waals surface area contributed by atoms with Gasteiger partial charge in [-0.2, -0.15) is 10.4 Å². The number of hydrogen-bond acceptors (Lipinski definition) is 9. The first-order valence-corrected chi connectivity index (χ1v) is 8.48. The number of carbonyl (C=O) groups excluding carboxylic acids is 1. The molecule has 5 rings (SSSR count). The standard InChI is InChI=1S/C17H17N5O5/c1-8(23)24-11-12-17(11)14(26-15(2,3)27-17)16(6-18,25-12)10-5-4-9-13(19)20-7-21-22(9)10/h4-5,7,11-12,14H,1-3H3,(H2,19,20,21)/t11?,12-,14+,16+,17-/m1/s1. The van der Waals surface area contributed by atoms with Gasteiger partial charge in [-0.05, 0) is 26.0 Å². The SMILES string of the molecule is CC(=O)OC1[C@H]2O[C@@](C#N)(c3ccc4c(N)ncnn34)[C@@H]3OC(C)(C)O[C@]123.